The molecule has 100 valence electrons. The number of hydrogen-bond acceptors (Lipinski definition) is 6. The van der Waals surface area contributed by atoms with Crippen molar-refractivity contribution in [2.75, 3.05) is 0 Å². The van der Waals surface area contributed by atoms with E-state index in [1.165, 1.54) is 11.3 Å². The summed E-state index contributed by atoms with van der Waals surface area (Å²) in [6.45, 7) is 0. The van der Waals surface area contributed by atoms with E-state index >= 15 is 0 Å². The van der Waals surface area contributed by atoms with Crippen molar-refractivity contribution in [3.05, 3.63) is 21.8 Å². The summed E-state index contributed by atoms with van der Waals surface area (Å²) in [5.74, 6) is -0.124. The first-order valence-corrected chi connectivity index (χ1v) is 7.22. The molecule has 3 rings (SSSR count). The number of ether oxygens (including phenoxy) is 1. The summed E-state index contributed by atoms with van der Waals surface area (Å²) in [7, 11) is 0. The lowest BCUT2D eigenvalue weighted by atomic mass is 10.2. The van der Waals surface area contributed by atoms with Crippen molar-refractivity contribution in [3.63, 3.8) is 0 Å². The maximum atomic E-state index is 10.8. The van der Waals surface area contributed by atoms with Crippen molar-refractivity contribution in [1.82, 2.24) is 10.1 Å². The molecule has 6 nitrogen and oxygen atoms in total. The van der Waals surface area contributed by atoms with E-state index in [0.29, 0.717) is 24.6 Å². The zero-order valence-corrected chi connectivity index (χ0v) is 12.0. The van der Waals surface area contributed by atoms with Crippen molar-refractivity contribution in [2.24, 2.45) is 0 Å². The average molecular weight is 345 g/mol. The van der Waals surface area contributed by atoms with E-state index in [4.69, 9.17) is 14.4 Å². The van der Waals surface area contributed by atoms with Crippen LogP contribution in [0.4, 0.5) is 0 Å². The van der Waals surface area contributed by atoms with Crippen molar-refractivity contribution < 1.29 is 19.2 Å². The largest absolute Gasteiger partial charge is 0.479 e. The summed E-state index contributed by atoms with van der Waals surface area (Å²) in [5.41, 5.74) is 0. The molecule has 0 amide bonds. The number of rotatable bonds is 3. The van der Waals surface area contributed by atoms with E-state index in [2.05, 4.69) is 26.1 Å². The van der Waals surface area contributed by atoms with Gasteiger partial charge in [-0.15, -0.1) is 11.3 Å². The molecule has 2 aromatic rings. The van der Waals surface area contributed by atoms with Crippen LogP contribution in [0.2, 0.25) is 0 Å². The molecule has 8 heteroatoms. The van der Waals surface area contributed by atoms with E-state index in [0.717, 1.165) is 8.66 Å². The molecule has 1 saturated heterocycles. The Bertz CT molecular complexity index is 611. The van der Waals surface area contributed by atoms with Gasteiger partial charge >= 0.3 is 5.97 Å². The molecular weight excluding hydrogens is 336 g/mol. The minimum Gasteiger partial charge on any atom is -0.479 e. The third-order valence-electron chi connectivity index (χ3n) is 2.81. The van der Waals surface area contributed by atoms with Crippen molar-refractivity contribution >= 4 is 33.2 Å². The number of aromatic nitrogens is 2. The molecule has 19 heavy (non-hydrogen) atoms. The van der Waals surface area contributed by atoms with Crippen LogP contribution < -0.4 is 0 Å². The summed E-state index contributed by atoms with van der Waals surface area (Å²) in [6, 6.07) is 3.79. The van der Waals surface area contributed by atoms with Crippen LogP contribution in [-0.4, -0.2) is 27.3 Å². The van der Waals surface area contributed by atoms with Gasteiger partial charge in [0, 0.05) is 0 Å². The number of hydrogen-bond donors (Lipinski definition) is 1. The molecule has 2 atom stereocenters. The molecule has 2 unspecified atom stereocenters. The summed E-state index contributed by atoms with van der Waals surface area (Å²) in [5, 5.41) is 12.8. The summed E-state index contributed by atoms with van der Waals surface area (Å²) in [4.78, 5) is 16.0. The van der Waals surface area contributed by atoms with E-state index in [1.807, 2.05) is 12.1 Å². The normalized spacial score (nSPS) is 22.8. The molecule has 1 N–H and O–H groups in total. The average Bonchev–Trinajstić information content (AvgIpc) is 3.07. The quantitative estimate of drug-likeness (QED) is 0.921. The lowest BCUT2D eigenvalue weighted by molar-refractivity contribution is -0.150. The number of carbonyl (C=O) groups is 1. The maximum Gasteiger partial charge on any atom is 0.332 e. The first-order valence-electron chi connectivity index (χ1n) is 5.61. The predicted octanol–water partition coefficient (Wildman–Crippen LogP) is 2.87. The molecule has 0 bridgehead atoms. The Labute approximate surface area is 120 Å². The topological polar surface area (TPSA) is 85.5 Å². The molecule has 0 radical (unpaired) electrons. The highest BCUT2D eigenvalue weighted by Crippen LogP contribution is 2.34. The minimum atomic E-state index is -0.954. The van der Waals surface area contributed by atoms with Gasteiger partial charge in [-0.1, -0.05) is 5.16 Å². The second-order valence-electron chi connectivity index (χ2n) is 4.09. The van der Waals surface area contributed by atoms with Crippen LogP contribution in [-0.2, 0) is 9.53 Å². The Morgan fingerprint density at radius 1 is 1.47 bits per heavy atom. The maximum absolute atomic E-state index is 10.8. The molecule has 2 aromatic heterocycles. The van der Waals surface area contributed by atoms with Crippen LogP contribution in [0, 0.1) is 0 Å². The molecule has 0 spiro atoms. The number of carboxylic acid groups (broad SMARTS) is 1. The number of carboxylic acids is 1. The zero-order valence-electron chi connectivity index (χ0n) is 9.58. The molecule has 0 saturated carbocycles. The van der Waals surface area contributed by atoms with E-state index in [9.17, 15) is 4.79 Å². The first kappa shape index (κ1) is 12.8. The molecule has 3 heterocycles. The Hall–Kier alpha value is -1.25. The van der Waals surface area contributed by atoms with Gasteiger partial charge in [-0.05, 0) is 40.9 Å². The SMILES string of the molecule is O=C(O)C1CCC(c2nc(-c3ccc(Br)s3)no2)O1. The number of nitrogens with zero attached hydrogens (tertiary/aromatic N) is 2. The second-order valence-corrected chi connectivity index (χ2v) is 6.55. The van der Waals surface area contributed by atoms with Gasteiger partial charge in [0.2, 0.25) is 5.82 Å². The number of thiophene rings is 1. The standard InChI is InChI=1S/C11H9BrN2O4S/c12-8-4-3-7(19-8)9-13-10(18-14-9)5-1-2-6(17-5)11(15)16/h3-6H,1-2H2,(H,15,16). The number of halogens is 1. The first-order chi connectivity index (χ1) is 9.13. The Kier molecular flexibility index (Phi) is 3.38. The number of aliphatic carboxylic acids is 1. The molecule has 1 fully saturated rings. The second kappa shape index (κ2) is 5.03. The molecule has 1 aliphatic rings. The molecule has 0 aliphatic carbocycles. The highest BCUT2D eigenvalue weighted by molar-refractivity contribution is 9.11. The van der Waals surface area contributed by atoms with Crippen LogP contribution in [0.15, 0.2) is 20.4 Å². The van der Waals surface area contributed by atoms with Gasteiger partial charge in [-0.25, -0.2) is 4.79 Å². The lowest BCUT2D eigenvalue weighted by Crippen LogP contribution is -2.18. The Balaban J connectivity index is 1.77. The predicted molar refractivity (Wildman–Crippen MR) is 69.8 cm³/mol. The summed E-state index contributed by atoms with van der Waals surface area (Å²) >= 11 is 4.87. The van der Waals surface area contributed by atoms with Gasteiger partial charge in [0.25, 0.3) is 5.89 Å². The lowest BCUT2D eigenvalue weighted by Gasteiger charge is -2.05. The van der Waals surface area contributed by atoms with Crippen molar-refractivity contribution in [1.29, 1.82) is 0 Å². The Morgan fingerprint density at radius 2 is 2.32 bits per heavy atom. The van der Waals surface area contributed by atoms with Gasteiger partial charge in [0.15, 0.2) is 6.10 Å². The monoisotopic (exact) mass is 344 g/mol. The minimum absolute atomic E-state index is 0.336. The molecule has 1 aliphatic heterocycles. The van der Waals surface area contributed by atoms with E-state index in [-0.39, 0.29) is 0 Å². The van der Waals surface area contributed by atoms with Gasteiger partial charge in [0.1, 0.15) is 6.10 Å². The van der Waals surface area contributed by atoms with Crippen molar-refractivity contribution in [2.45, 2.75) is 25.0 Å². The van der Waals surface area contributed by atoms with Crippen LogP contribution in [0.5, 0.6) is 0 Å². The smallest absolute Gasteiger partial charge is 0.332 e. The highest BCUT2D eigenvalue weighted by Gasteiger charge is 2.34. The van der Waals surface area contributed by atoms with Gasteiger partial charge in [-0.3, -0.25) is 0 Å². The Morgan fingerprint density at radius 3 is 2.95 bits per heavy atom. The zero-order chi connectivity index (χ0) is 13.4. The van der Waals surface area contributed by atoms with Crippen LogP contribution in [0.25, 0.3) is 10.7 Å². The van der Waals surface area contributed by atoms with E-state index in [1.54, 1.807) is 0 Å². The van der Waals surface area contributed by atoms with Gasteiger partial charge < -0.3 is 14.4 Å². The molecular formula is C11H9BrN2O4S. The fraction of sp³-hybridized carbons (Fsp3) is 0.364. The van der Waals surface area contributed by atoms with Crippen LogP contribution >= 0.6 is 27.3 Å². The summed E-state index contributed by atoms with van der Waals surface area (Å²) in [6.07, 6.45) is -0.170. The summed E-state index contributed by atoms with van der Waals surface area (Å²) < 4.78 is 11.5. The fourth-order valence-corrected chi connectivity index (χ4v) is 3.21. The van der Waals surface area contributed by atoms with Gasteiger partial charge in [0.05, 0.1) is 8.66 Å². The van der Waals surface area contributed by atoms with Gasteiger partial charge in [-0.2, -0.15) is 4.98 Å². The highest BCUT2D eigenvalue weighted by atomic mass is 79.9. The van der Waals surface area contributed by atoms with Crippen LogP contribution in [0.1, 0.15) is 24.8 Å². The molecule has 0 aromatic carbocycles. The van der Waals surface area contributed by atoms with Crippen molar-refractivity contribution in [3.8, 4) is 10.7 Å². The van der Waals surface area contributed by atoms with Crippen LogP contribution in [0.3, 0.4) is 0 Å². The van der Waals surface area contributed by atoms with E-state index < -0.39 is 18.2 Å². The third-order valence-corrected chi connectivity index (χ3v) is 4.43. The third kappa shape index (κ3) is 2.56. The fourth-order valence-electron chi connectivity index (χ4n) is 1.90.